The number of halogens is 1. The number of carbonyl (C=O) groups excluding carboxylic acids is 4. The number of fused-ring (bicyclic) bond motifs is 5. The van der Waals surface area contributed by atoms with Crippen LogP contribution in [0.25, 0.3) is 5.57 Å². The predicted octanol–water partition coefficient (Wildman–Crippen LogP) is 7.47. The van der Waals surface area contributed by atoms with Crippen molar-refractivity contribution >= 4 is 52.2 Å². The number of rotatable bonds is 10. The maximum absolute atomic E-state index is 13.8. The van der Waals surface area contributed by atoms with Crippen LogP contribution in [0.5, 0.6) is 0 Å². The zero-order valence-electron chi connectivity index (χ0n) is 36.6. The standard InChI is InChI=1S/C49H56FN7O6S/c1-46(2,62)43(59)55-22-14-32(15-23-55)31-5-10-37(11-6-31)52-45(61)57-28-39-40(29-57)64-41(54-39)25-47(3,63)30-51-42(58)49-19-16-48(17-20-49,18-21-49)35-7-12-38(13-8-35)53-44(60)56-26-33-4-9-36(50)24-34(33)27-56/h4-14,24,62-63H,15-23,25-30H2,1-3H3,(H,51,58)(H,52,61)(H,53,60). The topological polar surface area (TPSA) is 167 Å². The summed E-state index contributed by atoms with van der Waals surface area (Å²) in [7, 11) is 0. The molecule has 3 aliphatic carbocycles. The Morgan fingerprint density at radius 1 is 0.781 bits per heavy atom. The molecule has 4 heterocycles. The first-order chi connectivity index (χ1) is 30.5. The summed E-state index contributed by atoms with van der Waals surface area (Å²) < 4.78 is 13.7. The zero-order chi connectivity index (χ0) is 45.0. The van der Waals surface area contributed by atoms with Gasteiger partial charge in [-0.05, 0) is 135 Å². The van der Waals surface area contributed by atoms with Crippen molar-refractivity contribution in [2.24, 2.45) is 5.41 Å². The molecule has 3 aromatic carbocycles. The second-order valence-corrected chi connectivity index (χ2v) is 20.5. The van der Waals surface area contributed by atoms with Crippen LogP contribution < -0.4 is 16.0 Å². The van der Waals surface area contributed by atoms with Gasteiger partial charge in [-0.25, -0.2) is 19.0 Å². The first-order valence-corrected chi connectivity index (χ1v) is 23.1. The van der Waals surface area contributed by atoms with Crippen LogP contribution in [-0.4, -0.2) is 84.6 Å². The Morgan fingerprint density at radius 2 is 1.41 bits per heavy atom. The van der Waals surface area contributed by atoms with Crippen LogP contribution in [0.1, 0.15) is 104 Å². The lowest BCUT2D eigenvalue weighted by atomic mass is 9.51. The molecule has 10 rings (SSSR count). The third-order valence-electron chi connectivity index (χ3n) is 14.1. The van der Waals surface area contributed by atoms with Crippen LogP contribution in [0.15, 0.2) is 72.8 Å². The van der Waals surface area contributed by atoms with Gasteiger partial charge in [0.15, 0.2) is 0 Å². The molecule has 3 aliphatic heterocycles. The summed E-state index contributed by atoms with van der Waals surface area (Å²) in [5.41, 5.74) is 4.30. The molecule has 6 aliphatic rings. The molecule has 0 spiro atoms. The summed E-state index contributed by atoms with van der Waals surface area (Å²) in [4.78, 5) is 63.2. The fourth-order valence-corrected chi connectivity index (χ4v) is 11.5. The third kappa shape index (κ3) is 8.89. The Kier molecular flexibility index (Phi) is 11.4. The van der Waals surface area contributed by atoms with Gasteiger partial charge in [0.2, 0.25) is 5.91 Å². The van der Waals surface area contributed by atoms with Crippen LogP contribution in [0.2, 0.25) is 0 Å². The van der Waals surface area contributed by atoms with Crippen LogP contribution in [0.4, 0.5) is 25.4 Å². The number of aliphatic hydroxyl groups is 2. The molecule has 0 saturated heterocycles. The Morgan fingerprint density at radius 3 is 2.02 bits per heavy atom. The highest BCUT2D eigenvalue weighted by Gasteiger charge is 2.53. The van der Waals surface area contributed by atoms with Gasteiger partial charge in [-0.2, -0.15) is 0 Å². The number of urea groups is 2. The van der Waals surface area contributed by atoms with E-state index >= 15 is 0 Å². The molecular formula is C49H56FN7O6S. The maximum Gasteiger partial charge on any atom is 0.322 e. The normalized spacial score (nSPS) is 22.3. The monoisotopic (exact) mass is 889 g/mol. The largest absolute Gasteiger partial charge is 0.388 e. The van der Waals surface area contributed by atoms with E-state index < -0.39 is 16.6 Å². The van der Waals surface area contributed by atoms with E-state index in [9.17, 15) is 33.8 Å². The molecule has 1 aromatic heterocycles. The van der Waals surface area contributed by atoms with Crippen LogP contribution >= 0.6 is 11.3 Å². The maximum atomic E-state index is 13.8. The van der Waals surface area contributed by atoms with Gasteiger partial charge in [0, 0.05) is 60.8 Å². The summed E-state index contributed by atoms with van der Waals surface area (Å²) in [6.45, 7) is 7.43. The van der Waals surface area contributed by atoms with E-state index in [1.807, 2.05) is 42.5 Å². The van der Waals surface area contributed by atoms with Crippen LogP contribution in [0, 0.1) is 11.2 Å². The van der Waals surface area contributed by atoms with Crippen molar-refractivity contribution < 1.29 is 33.8 Å². The van der Waals surface area contributed by atoms with Crippen LogP contribution in [-0.2, 0) is 47.6 Å². The minimum absolute atomic E-state index is 0.00223. The fraction of sp³-hybridized carbons (Fsp3) is 0.449. The van der Waals surface area contributed by atoms with Crippen molar-refractivity contribution in [1.82, 2.24) is 25.0 Å². The van der Waals surface area contributed by atoms with Crippen molar-refractivity contribution in [3.05, 3.63) is 116 Å². The number of nitrogens with one attached hydrogen (secondary N) is 3. The number of amides is 6. The molecule has 13 nitrogen and oxygen atoms in total. The summed E-state index contributed by atoms with van der Waals surface area (Å²) in [6.07, 6.45) is 7.98. The number of anilines is 2. The van der Waals surface area contributed by atoms with Gasteiger partial charge in [-0.15, -0.1) is 11.3 Å². The Balaban J connectivity index is 0.712. The van der Waals surface area contributed by atoms with Crippen molar-refractivity contribution in [1.29, 1.82) is 0 Å². The lowest BCUT2D eigenvalue weighted by Crippen LogP contribution is -2.54. The molecule has 3 saturated carbocycles. The number of hydrogen-bond acceptors (Lipinski definition) is 8. The van der Waals surface area contributed by atoms with Crippen molar-refractivity contribution in [2.45, 2.75) is 115 Å². The van der Waals surface area contributed by atoms with E-state index in [-0.39, 0.29) is 48.1 Å². The quantitative estimate of drug-likeness (QED) is 0.110. The van der Waals surface area contributed by atoms with E-state index in [0.717, 1.165) is 76.4 Å². The van der Waals surface area contributed by atoms with Gasteiger partial charge < -0.3 is 40.9 Å². The number of carbonyl (C=O) groups is 4. The lowest BCUT2D eigenvalue weighted by Gasteiger charge is -2.53. The molecule has 0 radical (unpaired) electrons. The van der Waals surface area contributed by atoms with E-state index in [1.54, 1.807) is 27.7 Å². The highest BCUT2D eigenvalue weighted by atomic mass is 32.1. The van der Waals surface area contributed by atoms with Gasteiger partial charge >= 0.3 is 12.1 Å². The summed E-state index contributed by atoms with van der Waals surface area (Å²) >= 11 is 1.49. The van der Waals surface area contributed by atoms with Gasteiger partial charge in [-0.3, -0.25) is 9.59 Å². The molecule has 3 fully saturated rings. The predicted molar refractivity (Wildman–Crippen MR) is 243 cm³/mol. The average Bonchev–Trinajstić information content (AvgIpc) is 4.00. The minimum atomic E-state index is -1.40. The summed E-state index contributed by atoms with van der Waals surface area (Å²) in [5.74, 6) is -0.581. The smallest absolute Gasteiger partial charge is 0.322 e. The molecule has 6 amide bonds. The Bertz CT molecular complexity index is 2460. The van der Waals surface area contributed by atoms with Gasteiger partial charge in [-0.1, -0.05) is 36.4 Å². The SMILES string of the molecule is CC(O)(CNC(=O)C12CCC(c3ccc(NC(=O)N4Cc5ccc(F)cc5C4)cc3)(CC1)CC2)Cc1nc2c(s1)CN(C(=O)Nc1ccc(C3=CCN(C(=O)C(C)(C)O)CC3)cc1)C2. The molecule has 1 atom stereocenters. The number of benzene rings is 3. The first kappa shape index (κ1) is 43.6. The molecule has 1 unspecified atom stereocenters. The molecule has 2 bridgehead atoms. The molecule has 5 N–H and O–H groups in total. The van der Waals surface area contributed by atoms with Crippen molar-refractivity contribution in [2.75, 3.05) is 30.3 Å². The highest BCUT2D eigenvalue weighted by molar-refractivity contribution is 7.11. The average molecular weight is 890 g/mol. The van der Waals surface area contributed by atoms with Crippen molar-refractivity contribution in [3.8, 4) is 0 Å². The van der Waals surface area contributed by atoms with Crippen molar-refractivity contribution in [3.63, 3.8) is 0 Å². The third-order valence-corrected chi connectivity index (χ3v) is 15.2. The molecule has 4 aromatic rings. The van der Waals surface area contributed by atoms with Gasteiger partial charge in [0.25, 0.3) is 5.91 Å². The summed E-state index contributed by atoms with van der Waals surface area (Å²) in [6, 6.07) is 19.9. The van der Waals surface area contributed by atoms with Crippen LogP contribution in [0.3, 0.4) is 0 Å². The molecule has 336 valence electrons. The minimum Gasteiger partial charge on any atom is -0.388 e. The second-order valence-electron chi connectivity index (χ2n) is 19.3. The molecule has 15 heteroatoms. The lowest BCUT2D eigenvalue weighted by molar-refractivity contribution is -0.147. The Labute approximate surface area is 376 Å². The van der Waals surface area contributed by atoms with E-state index in [2.05, 4.69) is 28.1 Å². The highest BCUT2D eigenvalue weighted by Crippen LogP contribution is 2.58. The zero-order valence-corrected chi connectivity index (χ0v) is 37.5. The number of nitrogens with zero attached hydrogens (tertiary/aromatic N) is 4. The van der Waals surface area contributed by atoms with E-state index in [4.69, 9.17) is 4.98 Å². The van der Waals surface area contributed by atoms with Gasteiger partial charge in [0.1, 0.15) is 11.4 Å². The van der Waals surface area contributed by atoms with E-state index in [1.165, 1.54) is 42.9 Å². The molecular weight excluding hydrogens is 834 g/mol. The molecule has 64 heavy (non-hydrogen) atoms. The number of aromatic nitrogens is 1. The first-order valence-electron chi connectivity index (χ1n) is 22.3. The van der Waals surface area contributed by atoms with E-state index in [0.29, 0.717) is 57.1 Å². The van der Waals surface area contributed by atoms with Gasteiger partial charge in [0.05, 0.1) is 29.4 Å². The second kappa shape index (κ2) is 16.7. The number of hydrogen-bond donors (Lipinski definition) is 5. The Hall–Kier alpha value is -5.64. The summed E-state index contributed by atoms with van der Waals surface area (Å²) in [5, 5.41) is 31.3. The number of thiazole rings is 1. The fourth-order valence-electron chi connectivity index (χ4n) is 10.2.